The molecule has 1 atom stereocenters. The Kier molecular flexibility index (Phi) is 4.12. The molecular formula is C16H22N2O3S. The maximum absolute atomic E-state index is 12.2. The van der Waals surface area contributed by atoms with Crippen LogP contribution in [0.3, 0.4) is 0 Å². The van der Waals surface area contributed by atoms with Crippen molar-refractivity contribution in [2.75, 3.05) is 34.8 Å². The van der Waals surface area contributed by atoms with Crippen LogP contribution < -0.4 is 10.2 Å². The highest BCUT2D eigenvalue weighted by atomic mass is 32.2. The van der Waals surface area contributed by atoms with Crippen molar-refractivity contribution in [2.45, 2.75) is 26.2 Å². The van der Waals surface area contributed by atoms with E-state index in [1.807, 2.05) is 25.1 Å². The summed E-state index contributed by atoms with van der Waals surface area (Å²) in [6.45, 7) is 4.22. The normalized spacial score (nSPS) is 23.7. The molecule has 1 aromatic rings. The van der Waals surface area contributed by atoms with Crippen molar-refractivity contribution in [3.05, 3.63) is 23.8 Å². The smallest absolute Gasteiger partial charge is 0.228 e. The Hall–Kier alpha value is -1.56. The van der Waals surface area contributed by atoms with Crippen LogP contribution in [0.15, 0.2) is 18.2 Å². The summed E-state index contributed by atoms with van der Waals surface area (Å²) in [5.74, 6) is -0.500. The maximum Gasteiger partial charge on any atom is 0.228 e. The number of amides is 1. The summed E-state index contributed by atoms with van der Waals surface area (Å²) in [5, 5.41) is 2.86. The SMILES string of the molecule is Cc1cc(NC(=O)[C@H]2CCS(=O)(=O)C2)ccc1N1CCCC1. The number of anilines is 2. The first-order valence-corrected chi connectivity index (χ1v) is 9.64. The van der Waals surface area contributed by atoms with E-state index in [-0.39, 0.29) is 17.4 Å². The fourth-order valence-corrected chi connectivity index (χ4v) is 5.03. The molecule has 0 spiro atoms. The molecule has 2 aliphatic heterocycles. The van der Waals surface area contributed by atoms with Gasteiger partial charge in [-0.25, -0.2) is 8.42 Å². The van der Waals surface area contributed by atoms with Crippen molar-refractivity contribution in [1.29, 1.82) is 0 Å². The lowest BCUT2D eigenvalue weighted by molar-refractivity contribution is -0.119. The summed E-state index contributed by atoms with van der Waals surface area (Å²) in [5.41, 5.74) is 3.10. The third-order valence-corrected chi connectivity index (χ3v) is 6.28. The number of sulfone groups is 1. The molecule has 5 nitrogen and oxygen atoms in total. The van der Waals surface area contributed by atoms with E-state index in [2.05, 4.69) is 10.2 Å². The monoisotopic (exact) mass is 322 g/mol. The highest BCUT2D eigenvalue weighted by Gasteiger charge is 2.33. The van der Waals surface area contributed by atoms with Crippen molar-refractivity contribution < 1.29 is 13.2 Å². The molecule has 2 aliphatic rings. The van der Waals surface area contributed by atoms with E-state index in [1.54, 1.807) is 0 Å². The van der Waals surface area contributed by atoms with Crippen molar-refractivity contribution in [3.8, 4) is 0 Å². The average Bonchev–Trinajstić information content (AvgIpc) is 3.08. The average molecular weight is 322 g/mol. The van der Waals surface area contributed by atoms with E-state index in [9.17, 15) is 13.2 Å². The van der Waals surface area contributed by atoms with Crippen molar-refractivity contribution in [3.63, 3.8) is 0 Å². The number of carbonyl (C=O) groups is 1. The van der Waals surface area contributed by atoms with Gasteiger partial charge in [0.25, 0.3) is 0 Å². The topological polar surface area (TPSA) is 66.5 Å². The predicted molar refractivity (Wildman–Crippen MR) is 88.0 cm³/mol. The van der Waals surface area contributed by atoms with E-state index < -0.39 is 15.8 Å². The minimum atomic E-state index is -3.03. The molecule has 0 aliphatic carbocycles. The molecule has 1 aromatic carbocycles. The Morgan fingerprint density at radius 1 is 1.27 bits per heavy atom. The second-order valence-corrected chi connectivity index (χ2v) is 8.51. The zero-order valence-corrected chi connectivity index (χ0v) is 13.7. The molecule has 0 bridgehead atoms. The Labute approximate surface area is 131 Å². The molecule has 2 saturated heterocycles. The number of hydrogen-bond donors (Lipinski definition) is 1. The standard InChI is InChI=1S/C16H22N2O3S/c1-12-10-14(4-5-15(12)18-7-2-3-8-18)17-16(19)13-6-9-22(20,21)11-13/h4-5,10,13H,2-3,6-9,11H2,1H3,(H,17,19)/t13-/m0/s1. The van der Waals surface area contributed by atoms with Gasteiger partial charge in [0.05, 0.1) is 17.4 Å². The molecule has 22 heavy (non-hydrogen) atoms. The van der Waals surface area contributed by atoms with Crippen LogP contribution in [-0.4, -0.2) is 38.9 Å². The van der Waals surface area contributed by atoms with E-state index >= 15 is 0 Å². The van der Waals surface area contributed by atoms with Gasteiger partial charge in [0.15, 0.2) is 9.84 Å². The summed E-state index contributed by atoms with van der Waals surface area (Å²) in [6.07, 6.45) is 2.89. The molecule has 3 rings (SSSR count). The number of nitrogens with zero attached hydrogens (tertiary/aromatic N) is 1. The number of carbonyl (C=O) groups excluding carboxylic acids is 1. The molecule has 1 N–H and O–H groups in total. The lowest BCUT2D eigenvalue weighted by Gasteiger charge is -2.21. The third kappa shape index (κ3) is 3.27. The number of hydrogen-bond acceptors (Lipinski definition) is 4. The zero-order chi connectivity index (χ0) is 15.7. The predicted octanol–water partition coefficient (Wildman–Crippen LogP) is 1.97. The molecule has 6 heteroatoms. The van der Waals surface area contributed by atoms with Gasteiger partial charge in [-0.1, -0.05) is 0 Å². The van der Waals surface area contributed by atoms with E-state index in [4.69, 9.17) is 0 Å². The Balaban J connectivity index is 1.68. The third-order valence-electron chi connectivity index (χ3n) is 4.51. The molecular weight excluding hydrogens is 300 g/mol. The number of nitrogens with one attached hydrogen (secondary N) is 1. The highest BCUT2D eigenvalue weighted by Crippen LogP contribution is 2.27. The van der Waals surface area contributed by atoms with E-state index in [0.29, 0.717) is 6.42 Å². The molecule has 0 saturated carbocycles. The Morgan fingerprint density at radius 3 is 2.59 bits per heavy atom. The number of rotatable bonds is 3. The first-order chi connectivity index (χ1) is 10.4. The molecule has 2 heterocycles. The second kappa shape index (κ2) is 5.91. The maximum atomic E-state index is 12.2. The molecule has 0 aromatic heterocycles. The summed E-state index contributed by atoms with van der Waals surface area (Å²) in [7, 11) is -3.03. The number of aryl methyl sites for hydroxylation is 1. The van der Waals surface area contributed by atoms with Crippen LogP contribution in [0.2, 0.25) is 0 Å². The van der Waals surface area contributed by atoms with E-state index in [0.717, 1.165) is 24.3 Å². The van der Waals surface area contributed by atoms with Gasteiger partial charge in [0.2, 0.25) is 5.91 Å². The lowest BCUT2D eigenvalue weighted by atomic mass is 10.1. The Bertz CT molecular complexity index is 679. The first kappa shape index (κ1) is 15.3. The minimum Gasteiger partial charge on any atom is -0.371 e. The van der Waals surface area contributed by atoms with Gasteiger partial charge in [0.1, 0.15) is 0 Å². The van der Waals surface area contributed by atoms with Crippen molar-refractivity contribution >= 4 is 27.1 Å². The van der Waals surface area contributed by atoms with Crippen LogP contribution in [0.4, 0.5) is 11.4 Å². The Morgan fingerprint density at radius 2 is 2.00 bits per heavy atom. The molecule has 1 amide bonds. The summed E-state index contributed by atoms with van der Waals surface area (Å²) >= 11 is 0. The van der Waals surface area contributed by atoms with Gasteiger partial charge in [0, 0.05) is 24.5 Å². The van der Waals surface area contributed by atoms with Crippen LogP contribution >= 0.6 is 0 Å². The van der Waals surface area contributed by atoms with Gasteiger partial charge in [-0.05, 0) is 49.9 Å². The van der Waals surface area contributed by atoms with Gasteiger partial charge in [-0.3, -0.25) is 4.79 Å². The van der Waals surface area contributed by atoms with Crippen LogP contribution in [0, 0.1) is 12.8 Å². The summed E-state index contributed by atoms with van der Waals surface area (Å²) in [4.78, 5) is 14.5. The second-order valence-electron chi connectivity index (χ2n) is 6.28. The highest BCUT2D eigenvalue weighted by molar-refractivity contribution is 7.91. The fourth-order valence-electron chi connectivity index (χ4n) is 3.29. The van der Waals surface area contributed by atoms with Crippen molar-refractivity contribution in [1.82, 2.24) is 0 Å². The minimum absolute atomic E-state index is 0.0241. The van der Waals surface area contributed by atoms with Gasteiger partial charge >= 0.3 is 0 Å². The van der Waals surface area contributed by atoms with Gasteiger partial charge < -0.3 is 10.2 Å². The van der Waals surface area contributed by atoms with Crippen LogP contribution in [0.1, 0.15) is 24.8 Å². The van der Waals surface area contributed by atoms with Crippen LogP contribution in [-0.2, 0) is 14.6 Å². The zero-order valence-electron chi connectivity index (χ0n) is 12.8. The van der Waals surface area contributed by atoms with Gasteiger partial charge in [-0.15, -0.1) is 0 Å². The summed E-state index contributed by atoms with van der Waals surface area (Å²) < 4.78 is 22.9. The molecule has 0 unspecified atom stereocenters. The van der Waals surface area contributed by atoms with Crippen LogP contribution in [0.5, 0.6) is 0 Å². The molecule has 120 valence electrons. The molecule has 2 fully saturated rings. The largest absolute Gasteiger partial charge is 0.371 e. The first-order valence-electron chi connectivity index (χ1n) is 7.81. The van der Waals surface area contributed by atoms with Gasteiger partial charge in [-0.2, -0.15) is 0 Å². The molecule has 0 radical (unpaired) electrons. The number of benzene rings is 1. The van der Waals surface area contributed by atoms with Crippen LogP contribution in [0.25, 0.3) is 0 Å². The lowest BCUT2D eigenvalue weighted by Crippen LogP contribution is -2.24. The van der Waals surface area contributed by atoms with Crippen molar-refractivity contribution in [2.24, 2.45) is 5.92 Å². The quantitative estimate of drug-likeness (QED) is 0.924. The fraction of sp³-hybridized carbons (Fsp3) is 0.562. The van der Waals surface area contributed by atoms with E-state index in [1.165, 1.54) is 18.5 Å². The summed E-state index contributed by atoms with van der Waals surface area (Å²) in [6, 6.07) is 5.92.